The number of para-hydroxylation sites is 2. The standard InChI is InChI=1S/C27H27N5O3/c1-19-16-22-26(27(29-19)28-18-25(34)31-12-14-35-15-13-31)23(33)17-24(30-20-8-4-2-5-9-20)32(22)21-10-6-3-7-11-21/h2-11,16-17,30H,12-15,18H2,1H3,(H,28,29). The number of pyridine rings is 2. The van der Waals surface area contributed by atoms with Crippen LogP contribution in [0.1, 0.15) is 5.69 Å². The van der Waals surface area contributed by atoms with E-state index in [1.54, 1.807) is 11.0 Å². The highest BCUT2D eigenvalue weighted by molar-refractivity contribution is 5.94. The van der Waals surface area contributed by atoms with Gasteiger partial charge in [-0.3, -0.25) is 14.2 Å². The highest BCUT2D eigenvalue weighted by atomic mass is 16.5. The Morgan fingerprint density at radius 1 is 1.00 bits per heavy atom. The number of aryl methyl sites for hydroxylation is 1. The number of ether oxygens (including phenoxy) is 1. The number of carbonyl (C=O) groups is 1. The molecule has 2 N–H and O–H groups in total. The number of rotatable bonds is 6. The zero-order valence-corrected chi connectivity index (χ0v) is 19.5. The molecular formula is C27H27N5O3. The van der Waals surface area contributed by atoms with Gasteiger partial charge in [-0.05, 0) is 37.3 Å². The average molecular weight is 470 g/mol. The first-order chi connectivity index (χ1) is 17.1. The summed E-state index contributed by atoms with van der Waals surface area (Å²) in [5.74, 6) is 0.999. The molecule has 0 aliphatic carbocycles. The molecule has 2 aromatic carbocycles. The van der Waals surface area contributed by atoms with Crippen LogP contribution in [-0.4, -0.2) is 53.2 Å². The fourth-order valence-electron chi connectivity index (χ4n) is 4.29. The molecular weight excluding hydrogens is 442 g/mol. The normalized spacial score (nSPS) is 13.6. The number of carbonyl (C=O) groups excluding carboxylic acids is 1. The van der Waals surface area contributed by atoms with Crippen molar-refractivity contribution in [3.63, 3.8) is 0 Å². The molecule has 5 rings (SSSR count). The van der Waals surface area contributed by atoms with E-state index in [1.807, 2.05) is 78.2 Å². The lowest BCUT2D eigenvalue weighted by Gasteiger charge is -2.27. The average Bonchev–Trinajstić information content (AvgIpc) is 2.88. The molecule has 3 heterocycles. The number of morpholine rings is 1. The second-order valence-corrected chi connectivity index (χ2v) is 8.41. The smallest absolute Gasteiger partial charge is 0.242 e. The van der Waals surface area contributed by atoms with Gasteiger partial charge in [0.1, 0.15) is 11.6 Å². The zero-order valence-electron chi connectivity index (χ0n) is 19.5. The van der Waals surface area contributed by atoms with Gasteiger partial charge in [-0.2, -0.15) is 0 Å². The minimum atomic E-state index is -0.181. The Morgan fingerprint density at radius 2 is 1.69 bits per heavy atom. The lowest BCUT2D eigenvalue weighted by molar-refractivity contribution is -0.133. The van der Waals surface area contributed by atoms with E-state index in [0.29, 0.717) is 48.8 Å². The van der Waals surface area contributed by atoms with Gasteiger partial charge in [-0.1, -0.05) is 36.4 Å². The van der Waals surface area contributed by atoms with Gasteiger partial charge in [0.25, 0.3) is 0 Å². The minimum Gasteiger partial charge on any atom is -0.378 e. The molecule has 0 spiro atoms. The van der Waals surface area contributed by atoms with Crippen molar-refractivity contribution in [2.24, 2.45) is 0 Å². The quantitative estimate of drug-likeness (QED) is 0.448. The second kappa shape index (κ2) is 9.99. The van der Waals surface area contributed by atoms with Crippen LogP contribution in [0.4, 0.5) is 17.3 Å². The molecule has 8 nitrogen and oxygen atoms in total. The van der Waals surface area contributed by atoms with E-state index in [0.717, 1.165) is 17.1 Å². The van der Waals surface area contributed by atoms with E-state index < -0.39 is 0 Å². The molecule has 1 amide bonds. The molecule has 0 bridgehead atoms. The molecule has 8 heteroatoms. The number of hydrogen-bond acceptors (Lipinski definition) is 6. The minimum absolute atomic E-state index is 0.0458. The Balaban J connectivity index is 1.60. The van der Waals surface area contributed by atoms with Gasteiger partial charge < -0.3 is 20.3 Å². The van der Waals surface area contributed by atoms with Crippen LogP contribution in [0.5, 0.6) is 0 Å². The first-order valence-corrected chi connectivity index (χ1v) is 11.6. The van der Waals surface area contributed by atoms with Crippen LogP contribution in [0, 0.1) is 6.92 Å². The highest BCUT2D eigenvalue weighted by Gasteiger charge is 2.19. The molecule has 2 aromatic heterocycles. The summed E-state index contributed by atoms with van der Waals surface area (Å²) in [6.45, 7) is 4.15. The summed E-state index contributed by atoms with van der Waals surface area (Å²) in [7, 11) is 0. The molecule has 1 aliphatic rings. The Hall–Kier alpha value is -4.17. The van der Waals surface area contributed by atoms with Gasteiger partial charge in [0.05, 0.1) is 30.7 Å². The molecule has 35 heavy (non-hydrogen) atoms. The Kier molecular flexibility index (Phi) is 6.45. The van der Waals surface area contributed by atoms with Crippen molar-refractivity contribution in [2.75, 3.05) is 43.5 Å². The monoisotopic (exact) mass is 469 g/mol. The van der Waals surface area contributed by atoms with Gasteiger partial charge in [-0.15, -0.1) is 0 Å². The van der Waals surface area contributed by atoms with E-state index in [4.69, 9.17) is 4.74 Å². The fourth-order valence-corrected chi connectivity index (χ4v) is 4.29. The molecule has 0 unspecified atom stereocenters. The maximum absolute atomic E-state index is 13.4. The number of hydrogen-bond donors (Lipinski definition) is 2. The van der Waals surface area contributed by atoms with Crippen molar-refractivity contribution in [1.82, 2.24) is 14.5 Å². The summed E-state index contributed by atoms with van der Waals surface area (Å²) in [5.41, 5.74) is 3.03. The summed E-state index contributed by atoms with van der Waals surface area (Å²) in [6.07, 6.45) is 0. The molecule has 0 radical (unpaired) electrons. The van der Waals surface area contributed by atoms with Gasteiger partial charge in [0, 0.05) is 36.2 Å². The molecule has 1 saturated heterocycles. The topological polar surface area (TPSA) is 88.5 Å². The van der Waals surface area contributed by atoms with E-state index in [1.165, 1.54) is 0 Å². The van der Waals surface area contributed by atoms with Crippen LogP contribution in [0.25, 0.3) is 16.6 Å². The summed E-state index contributed by atoms with van der Waals surface area (Å²) >= 11 is 0. The van der Waals surface area contributed by atoms with Crippen molar-refractivity contribution in [2.45, 2.75) is 6.92 Å². The summed E-state index contributed by atoms with van der Waals surface area (Å²) in [4.78, 5) is 32.5. The molecule has 178 valence electrons. The van der Waals surface area contributed by atoms with Crippen LogP contribution in [0.15, 0.2) is 77.6 Å². The van der Waals surface area contributed by atoms with E-state index in [2.05, 4.69) is 15.6 Å². The van der Waals surface area contributed by atoms with Gasteiger partial charge in [-0.25, -0.2) is 4.98 Å². The number of aromatic nitrogens is 2. The zero-order chi connectivity index (χ0) is 24.2. The predicted octanol–water partition coefficient (Wildman–Crippen LogP) is 3.71. The lowest BCUT2D eigenvalue weighted by atomic mass is 10.1. The van der Waals surface area contributed by atoms with E-state index >= 15 is 0 Å². The third-order valence-electron chi connectivity index (χ3n) is 5.95. The van der Waals surface area contributed by atoms with Crippen LogP contribution >= 0.6 is 0 Å². The van der Waals surface area contributed by atoms with Crippen molar-refractivity contribution in [3.05, 3.63) is 88.7 Å². The summed E-state index contributed by atoms with van der Waals surface area (Å²) < 4.78 is 7.34. The van der Waals surface area contributed by atoms with Gasteiger partial charge in [0.2, 0.25) is 5.91 Å². The van der Waals surface area contributed by atoms with Gasteiger partial charge >= 0.3 is 0 Å². The maximum atomic E-state index is 13.4. The van der Waals surface area contributed by atoms with Crippen molar-refractivity contribution in [1.29, 1.82) is 0 Å². The molecule has 1 aliphatic heterocycles. The Labute approximate surface area is 203 Å². The SMILES string of the molecule is Cc1cc2c(c(NCC(=O)N3CCOCC3)n1)c(=O)cc(Nc1ccccc1)n2-c1ccccc1. The van der Waals surface area contributed by atoms with Crippen molar-refractivity contribution < 1.29 is 9.53 Å². The van der Waals surface area contributed by atoms with Crippen molar-refractivity contribution in [3.8, 4) is 5.69 Å². The van der Waals surface area contributed by atoms with Crippen LogP contribution in [0.3, 0.4) is 0 Å². The number of nitrogens with zero attached hydrogens (tertiary/aromatic N) is 3. The number of anilines is 3. The maximum Gasteiger partial charge on any atom is 0.242 e. The van der Waals surface area contributed by atoms with Crippen LogP contribution in [0.2, 0.25) is 0 Å². The third kappa shape index (κ3) is 4.88. The molecule has 0 saturated carbocycles. The van der Waals surface area contributed by atoms with Crippen LogP contribution < -0.4 is 16.1 Å². The lowest BCUT2D eigenvalue weighted by Crippen LogP contribution is -2.43. The third-order valence-corrected chi connectivity index (χ3v) is 5.95. The molecule has 0 atom stereocenters. The number of amides is 1. The first-order valence-electron chi connectivity index (χ1n) is 11.6. The molecule has 1 fully saturated rings. The predicted molar refractivity (Wildman–Crippen MR) is 138 cm³/mol. The number of fused-ring (bicyclic) bond motifs is 1. The molecule has 4 aromatic rings. The van der Waals surface area contributed by atoms with E-state index in [9.17, 15) is 9.59 Å². The summed E-state index contributed by atoms with van der Waals surface area (Å²) in [5, 5.41) is 6.96. The van der Waals surface area contributed by atoms with Crippen LogP contribution in [-0.2, 0) is 9.53 Å². The fraction of sp³-hybridized carbons (Fsp3) is 0.222. The van der Waals surface area contributed by atoms with Gasteiger partial charge in [0.15, 0.2) is 5.43 Å². The highest BCUT2D eigenvalue weighted by Crippen LogP contribution is 2.28. The number of nitrogens with one attached hydrogen (secondary N) is 2. The Morgan fingerprint density at radius 3 is 2.40 bits per heavy atom. The first kappa shape index (κ1) is 22.6. The summed E-state index contributed by atoms with van der Waals surface area (Å²) in [6, 6.07) is 23.1. The van der Waals surface area contributed by atoms with Crippen molar-refractivity contribution >= 4 is 34.1 Å². The largest absolute Gasteiger partial charge is 0.378 e. The number of benzene rings is 2. The Bertz CT molecular complexity index is 1400. The van der Waals surface area contributed by atoms with E-state index in [-0.39, 0.29) is 17.9 Å². The second-order valence-electron chi connectivity index (χ2n) is 8.41.